The van der Waals surface area contributed by atoms with Crippen molar-refractivity contribution in [1.29, 1.82) is 0 Å². The highest BCUT2D eigenvalue weighted by Crippen LogP contribution is 2.37. The zero-order valence-electron chi connectivity index (χ0n) is 22.1. The highest BCUT2D eigenvalue weighted by molar-refractivity contribution is 6.99. The fraction of sp³-hybridized carbons (Fsp3) is 0.400. The van der Waals surface area contributed by atoms with Crippen molar-refractivity contribution in [2.24, 2.45) is 5.92 Å². The van der Waals surface area contributed by atoms with E-state index in [4.69, 9.17) is 18.6 Å². The van der Waals surface area contributed by atoms with Crippen molar-refractivity contribution in [3.63, 3.8) is 0 Å². The molecule has 3 aromatic rings. The summed E-state index contributed by atoms with van der Waals surface area (Å²) in [5, 5.41) is 12.9. The second kappa shape index (κ2) is 13.2. The summed E-state index contributed by atoms with van der Waals surface area (Å²) < 4.78 is 23.7. The Bertz CT molecular complexity index is 977. The number of hydrogen-bond acceptors (Lipinski definition) is 5. The van der Waals surface area contributed by atoms with Crippen LogP contribution in [0.1, 0.15) is 33.3 Å². The zero-order chi connectivity index (χ0) is 26.0. The van der Waals surface area contributed by atoms with E-state index in [0.29, 0.717) is 19.8 Å². The van der Waals surface area contributed by atoms with Gasteiger partial charge in [0.1, 0.15) is 12.5 Å². The summed E-state index contributed by atoms with van der Waals surface area (Å²) >= 11 is 0. The Balaban J connectivity index is 1.67. The first-order valence-corrected chi connectivity index (χ1v) is 14.4. The van der Waals surface area contributed by atoms with Crippen LogP contribution >= 0.6 is 0 Å². The first kappa shape index (κ1) is 28.1. The Morgan fingerprint density at radius 3 is 1.81 bits per heavy atom. The maximum atomic E-state index is 10.5. The van der Waals surface area contributed by atoms with Crippen molar-refractivity contribution < 1.29 is 23.7 Å². The number of benzene rings is 3. The third-order valence-electron chi connectivity index (χ3n) is 6.54. The molecular weight excluding hydrogens is 468 g/mol. The second-order valence-electron chi connectivity index (χ2n) is 10.2. The molecule has 0 saturated heterocycles. The lowest BCUT2D eigenvalue weighted by Gasteiger charge is -2.44. The normalized spacial score (nSPS) is 13.8. The van der Waals surface area contributed by atoms with E-state index in [2.05, 4.69) is 69.3 Å². The van der Waals surface area contributed by atoms with Gasteiger partial charge in [-0.05, 0) is 40.0 Å². The molecule has 0 bridgehead atoms. The minimum Gasteiger partial charge on any atom is -0.497 e. The molecule has 6 heteroatoms. The minimum absolute atomic E-state index is 0.124. The molecule has 3 rings (SSSR count). The Morgan fingerprint density at radius 2 is 1.33 bits per heavy atom. The highest BCUT2D eigenvalue weighted by Gasteiger charge is 2.50. The molecule has 1 N–H and O–H groups in total. The highest BCUT2D eigenvalue weighted by atomic mass is 28.4. The molecule has 0 saturated carbocycles. The van der Waals surface area contributed by atoms with Gasteiger partial charge < -0.3 is 23.7 Å². The van der Waals surface area contributed by atoms with Gasteiger partial charge in [-0.3, -0.25) is 0 Å². The summed E-state index contributed by atoms with van der Waals surface area (Å²) in [7, 11) is -1.02. The molecule has 0 radical (unpaired) electrons. The van der Waals surface area contributed by atoms with Gasteiger partial charge >= 0.3 is 0 Å². The van der Waals surface area contributed by atoms with Crippen LogP contribution in [0.5, 0.6) is 5.75 Å². The molecule has 2 atom stereocenters. The predicted molar refractivity (Wildman–Crippen MR) is 147 cm³/mol. The van der Waals surface area contributed by atoms with E-state index in [1.165, 1.54) is 10.4 Å². The molecule has 0 aliphatic carbocycles. The van der Waals surface area contributed by atoms with E-state index in [9.17, 15) is 5.11 Å². The fourth-order valence-electron chi connectivity index (χ4n) is 4.46. The summed E-state index contributed by atoms with van der Waals surface area (Å²) in [6, 6.07) is 28.8. The van der Waals surface area contributed by atoms with Crippen molar-refractivity contribution in [2.45, 2.75) is 45.4 Å². The Hall–Kier alpha value is -2.48. The van der Waals surface area contributed by atoms with Crippen molar-refractivity contribution in [2.75, 3.05) is 27.1 Å². The molecule has 0 unspecified atom stereocenters. The average molecular weight is 509 g/mol. The van der Waals surface area contributed by atoms with Crippen molar-refractivity contribution in [3.05, 3.63) is 90.5 Å². The lowest BCUT2D eigenvalue weighted by atomic mass is 10.1. The molecule has 36 heavy (non-hydrogen) atoms. The summed E-state index contributed by atoms with van der Waals surface area (Å²) in [6.07, 6.45) is -0.579. The molecule has 194 valence electrons. The van der Waals surface area contributed by atoms with Crippen LogP contribution in [-0.4, -0.2) is 46.6 Å². The monoisotopic (exact) mass is 508 g/mol. The summed E-state index contributed by atoms with van der Waals surface area (Å²) in [4.78, 5) is 0. The van der Waals surface area contributed by atoms with Crippen LogP contribution in [0.3, 0.4) is 0 Å². The van der Waals surface area contributed by atoms with E-state index in [1.807, 2.05) is 36.4 Å². The van der Waals surface area contributed by atoms with Crippen LogP contribution in [-0.2, 0) is 20.5 Å². The molecule has 0 fully saturated rings. The van der Waals surface area contributed by atoms with Gasteiger partial charge in [-0.25, -0.2) is 0 Å². The summed E-state index contributed by atoms with van der Waals surface area (Å²) in [5.41, 5.74) is 1.04. The van der Waals surface area contributed by atoms with Crippen LogP contribution in [0.2, 0.25) is 5.04 Å². The van der Waals surface area contributed by atoms with Gasteiger partial charge in [0.15, 0.2) is 0 Å². The number of aliphatic hydroxyl groups is 1. The molecular formula is C30H40O5Si. The largest absolute Gasteiger partial charge is 0.497 e. The van der Waals surface area contributed by atoms with E-state index < -0.39 is 14.4 Å². The average Bonchev–Trinajstić information content (AvgIpc) is 2.88. The fourth-order valence-corrected chi connectivity index (χ4v) is 9.08. The number of methoxy groups -OCH3 is 1. The predicted octanol–water partition coefficient (Wildman–Crippen LogP) is 4.76. The van der Waals surface area contributed by atoms with E-state index in [1.54, 1.807) is 14.0 Å². The molecule has 5 nitrogen and oxygen atoms in total. The minimum atomic E-state index is -2.67. The van der Waals surface area contributed by atoms with E-state index in [-0.39, 0.29) is 17.7 Å². The van der Waals surface area contributed by atoms with Crippen molar-refractivity contribution in [3.8, 4) is 5.75 Å². The maximum absolute atomic E-state index is 10.5. The molecule has 3 aromatic carbocycles. The number of hydrogen-bond donors (Lipinski definition) is 1. The smallest absolute Gasteiger partial charge is 0.261 e. The van der Waals surface area contributed by atoms with Crippen LogP contribution < -0.4 is 15.1 Å². The first-order chi connectivity index (χ1) is 17.3. The van der Waals surface area contributed by atoms with Gasteiger partial charge in [-0.15, -0.1) is 0 Å². The van der Waals surface area contributed by atoms with Gasteiger partial charge in [-0.1, -0.05) is 93.6 Å². The third kappa shape index (κ3) is 7.05. The van der Waals surface area contributed by atoms with Crippen LogP contribution in [0.4, 0.5) is 0 Å². The van der Waals surface area contributed by atoms with Crippen molar-refractivity contribution >= 4 is 18.7 Å². The summed E-state index contributed by atoms with van der Waals surface area (Å²) in [5.74, 6) is 0.631. The van der Waals surface area contributed by atoms with E-state index >= 15 is 0 Å². The Kier molecular flexibility index (Phi) is 10.3. The number of ether oxygens (including phenoxy) is 3. The zero-order valence-corrected chi connectivity index (χ0v) is 23.1. The lowest BCUT2D eigenvalue weighted by Crippen LogP contribution is -2.67. The molecule has 0 heterocycles. The van der Waals surface area contributed by atoms with Crippen LogP contribution in [0, 0.1) is 5.92 Å². The topological polar surface area (TPSA) is 57.2 Å². The second-order valence-corrected chi connectivity index (χ2v) is 14.5. The lowest BCUT2D eigenvalue weighted by molar-refractivity contribution is -0.0873. The van der Waals surface area contributed by atoms with Crippen molar-refractivity contribution in [1.82, 2.24) is 0 Å². The number of aliphatic hydroxyl groups excluding tert-OH is 1. The summed E-state index contributed by atoms with van der Waals surface area (Å²) in [6.45, 7) is 9.87. The molecule has 0 aliphatic rings. The van der Waals surface area contributed by atoms with Gasteiger partial charge in [0, 0.05) is 12.5 Å². The van der Waals surface area contributed by atoms with Gasteiger partial charge in [0.2, 0.25) is 0 Å². The van der Waals surface area contributed by atoms with Gasteiger partial charge in [0.25, 0.3) is 8.32 Å². The van der Waals surface area contributed by atoms with Gasteiger partial charge in [-0.2, -0.15) is 0 Å². The SMILES string of the molecule is COc1ccc(COCOC[C@H](CO[Si](c2ccccc2)(c2ccccc2)C(C)(C)C)[C@@H](C)O)cc1. The first-order valence-electron chi connectivity index (χ1n) is 12.5. The molecule has 0 spiro atoms. The standard InChI is InChI=1S/C30H40O5Si/c1-24(31)26(21-34-23-33-20-25-16-18-27(32-5)19-17-25)22-35-36(30(2,3)4,28-12-8-6-9-13-28)29-14-10-7-11-15-29/h6-19,24,26,31H,20-23H2,1-5H3/t24-,26-/m1/s1. The van der Waals surface area contributed by atoms with E-state index in [0.717, 1.165) is 11.3 Å². The third-order valence-corrected chi connectivity index (χ3v) is 11.5. The quantitative estimate of drug-likeness (QED) is 0.205. The molecule has 0 aromatic heterocycles. The van der Waals surface area contributed by atoms with Gasteiger partial charge in [0.05, 0.1) is 26.4 Å². The molecule has 0 amide bonds. The number of rotatable bonds is 13. The Labute approximate surface area is 217 Å². The van der Waals surface area contributed by atoms with Crippen LogP contribution in [0.15, 0.2) is 84.9 Å². The maximum Gasteiger partial charge on any atom is 0.261 e. The molecule has 0 aliphatic heterocycles. The Morgan fingerprint density at radius 1 is 0.778 bits per heavy atom. The van der Waals surface area contributed by atoms with Crippen LogP contribution in [0.25, 0.3) is 0 Å².